The lowest BCUT2D eigenvalue weighted by molar-refractivity contribution is -0.917. The van der Waals surface area contributed by atoms with Gasteiger partial charge in [-0.3, -0.25) is 4.79 Å². The predicted octanol–water partition coefficient (Wildman–Crippen LogP) is 1.39. The van der Waals surface area contributed by atoms with Gasteiger partial charge in [0.15, 0.2) is 5.60 Å². The van der Waals surface area contributed by atoms with Crippen LogP contribution in [-0.2, 0) is 15.1 Å². The lowest BCUT2D eigenvalue weighted by Crippen LogP contribution is -3.15. The van der Waals surface area contributed by atoms with E-state index in [1.807, 2.05) is 18.2 Å². The van der Waals surface area contributed by atoms with Gasteiger partial charge in [-0.1, -0.05) is 37.3 Å². The zero-order valence-electron chi connectivity index (χ0n) is 12.3. The van der Waals surface area contributed by atoms with E-state index < -0.39 is 5.60 Å². The van der Waals surface area contributed by atoms with Gasteiger partial charge in [-0.05, 0) is 12.5 Å². The minimum Gasteiger partial charge on any atom is -0.454 e. The fraction of sp³-hybridized carbons (Fsp3) is 0.562. The van der Waals surface area contributed by atoms with Crippen molar-refractivity contribution < 1.29 is 14.4 Å². The summed E-state index contributed by atoms with van der Waals surface area (Å²) < 4.78 is 5.84. The SMILES string of the molecule is CC(=O)O[C@]1(c2ccccc2)CC[NH+](C)[C@@H](C)[C@@H]1C. The van der Waals surface area contributed by atoms with Crippen molar-refractivity contribution in [2.45, 2.75) is 38.8 Å². The van der Waals surface area contributed by atoms with Gasteiger partial charge in [0.2, 0.25) is 0 Å². The molecule has 0 amide bonds. The largest absolute Gasteiger partial charge is 0.454 e. The number of hydrogen-bond donors (Lipinski definition) is 1. The Labute approximate surface area is 115 Å². The molecule has 1 fully saturated rings. The van der Waals surface area contributed by atoms with Gasteiger partial charge in [0.1, 0.15) is 0 Å². The summed E-state index contributed by atoms with van der Waals surface area (Å²) in [5.74, 6) is 0.106. The highest BCUT2D eigenvalue weighted by molar-refractivity contribution is 5.67. The summed E-state index contributed by atoms with van der Waals surface area (Å²) in [5, 5.41) is 0. The van der Waals surface area contributed by atoms with Crippen LogP contribution in [0.4, 0.5) is 0 Å². The zero-order valence-corrected chi connectivity index (χ0v) is 12.3. The van der Waals surface area contributed by atoms with Crippen molar-refractivity contribution in [1.29, 1.82) is 0 Å². The van der Waals surface area contributed by atoms with Crippen LogP contribution in [0.2, 0.25) is 0 Å². The highest BCUT2D eigenvalue weighted by Crippen LogP contribution is 2.39. The summed E-state index contributed by atoms with van der Waals surface area (Å²) in [6.07, 6.45) is 0.883. The molecule has 19 heavy (non-hydrogen) atoms. The Hall–Kier alpha value is -1.35. The fourth-order valence-corrected chi connectivity index (χ4v) is 3.26. The first-order chi connectivity index (χ1) is 8.97. The number of nitrogens with one attached hydrogen (secondary N) is 1. The number of piperidine rings is 1. The number of rotatable bonds is 2. The Morgan fingerprint density at radius 2 is 1.95 bits per heavy atom. The molecule has 3 nitrogen and oxygen atoms in total. The van der Waals surface area contributed by atoms with Crippen LogP contribution in [0.15, 0.2) is 30.3 Å². The number of benzene rings is 1. The molecule has 104 valence electrons. The first-order valence-electron chi connectivity index (χ1n) is 7.05. The van der Waals surface area contributed by atoms with E-state index >= 15 is 0 Å². The minimum atomic E-state index is -0.466. The Bertz CT molecular complexity index is 445. The van der Waals surface area contributed by atoms with Crippen LogP contribution in [0.5, 0.6) is 0 Å². The lowest BCUT2D eigenvalue weighted by Gasteiger charge is -2.46. The average Bonchev–Trinajstić information content (AvgIpc) is 2.40. The average molecular weight is 262 g/mol. The molecule has 1 aliphatic rings. The number of carbonyl (C=O) groups excluding carboxylic acids is 1. The van der Waals surface area contributed by atoms with Crippen molar-refractivity contribution in [1.82, 2.24) is 0 Å². The maximum absolute atomic E-state index is 11.6. The molecule has 3 heteroatoms. The van der Waals surface area contributed by atoms with Gasteiger partial charge in [-0.15, -0.1) is 0 Å². The molecule has 0 spiro atoms. The molecule has 1 aromatic carbocycles. The molecule has 0 aromatic heterocycles. The third-order valence-electron chi connectivity index (χ3n) is 4.74. The topological polar surface area (TPSA) is 30.7 Å². The van der Waals surface area contributed by atoms with Gasteiger partial charge in [-0.2, -0.15) is 0 Å². The quantitative estimate of drug-likeness (QED) is 0.817. The molecule has 1 heterocycles. The van der Waals surface area contributed by atoms with E-state index in [-0.39, 0.29) is 5.97 Å². The molecule has 1 unspecified atom stereocenters. The van der Waals surface area contributed by atoms with Gasteiger partial charge >= 0.3 is 5.97 Å². The highest BCUT2D eigenvalue weighted by Gasteiger charge is 2.49. The van der Waals surface area contributed by atoms with Crippen LogP contribution in [0, 0.1) is 5.92 Å². The summed E-state index contributed by atoms with van der Waals surface area (Å²) in [6.45, 7) is 6.96. The number of carbonyl (C=O) groups is 1. The number of hydrogen-bond acceptors (Lipinski definition) is 2. The molecule has 0 bridgehead atoms. The number of esters is 1. The monoisotopic (exact) mass is 262 g/mol. The van der Waals surface area contributed by atoms with Gasteiger partial charge in [0.25, 0.3) is 0 Å². The summed E-state index contributed by atoms with van der Waals surface area (Å²) in [6, 6.07) is 10.7. The van der Waals surface area contributed by atoms with E-state index in [0.717, 1.165) is 18.5 Å². The molecular weight excluding hydrogens is 238 g/mol. The van der Waals surface area contributed by atoms with E-state index in [2.05, 4.69) is 33.0 Å². The second-order valence-corrected chi connectivity index (χ2v) is 5.77. The second-order valence-electron chi connectivity index (χ2n) is 5.77. The maximum atomic E-state index is 11.6. The van der Waals surface area contributed by atoms with E-state index in [1.165, 1.54) is 11.8 Å². The van der Waals surface area contributed by atoms with Gasteiger partial charge in [0, 0.05) is 13.3 Å². The fourth-order valence-electron chi connectivity index (χ4n) is 3.26. The van der Waals surface area contributed by atoms with Gasteiger partial charge in [0.05, 0.1) is 25.6 Å². The van der Waals surface area contributed by atoms with Crippen molar-refractivity contribution in [3.8, 4) is 0 Å². The second kappa shape index (κ2) is 5.33. The third-order valence-corrected chi connectivity index (χ3v) is 4.74. The summed E-state index contributed by atoms with van der Waals surface area (Å²) in [7, 11) is 2.21. The van der Waals surface area contributed by atoms with Crippen molar-refractivity contribution >= 4 is 5.97 Å². The molecule has 1 saturated heterocycles. The van der Waals surface area contributed by atoms with E-state index in [4.69, 9.17) is 4.74 Å². The molecule has 0 radical (unpaired) electrons. The molecule has 1 N–H and O–H groups in total. The zero-order chi connectivity index (χ0) is 14.0. The van der Waals surface area contributed by atoms with Crippen molar-refractivity contribution in [3.05, 3.63) is 35.9 Å². The molecule has 2 rings (SSSR count). The Balaban J connectivity index is 2.43. The molecular formula is C16H24NO2+. The molecule has 4 atom stereocenters. The number of quaternary nitrogens is 1. The lowest BCUT2D eigenvalue weighted by atomic mass is 9.73. The van der Waals surface area contributed by atoms with Crippen LogP contribution >= 0.6 is 0 Å². The van der Waals surface area contributed by atoms with Gasteiger partial charge < -0.3 is 9.64 Å². The smallest absolute Gasteiger partial charge is 0.303 e. The summed E-state index contributed by atoms with van der Waals surface area (Å²) in [5.41, 5.74) is 0.656. The first-order valence-corrected chi connectivity index (χ1v) is 7.05. The van der Waals surface area contributed by atoms with E-state index in [0.29, 0.717) is 12.0 Å². The standard InChI is InChI=1S/C16H23NO2/c1-12-13(2)17(4)11-10-16(12,19-14(3)18)15-8-6-5-7-9-15/h5-9,12-13H,10-11H2,1-4H3/p+1/t12-,13-,16+/m0/s1. The van der Waals surface area contributed by atoms with E-state index in [9.17, 15) is 4.79 Å². The first kappa shape index (κ1) is 14.1. The van der Waals surface area contributed by atoms with Crippen molar-refractivity contribution in [2.24, 2.45) is 5.92 Å². The molecule has 0 saturated carbocycles. The van der Waals surface area contributed by atoms with Gasteiger partial charge in [-0.25, -0.2) is 0 Å². The molecule has 1 aromatic rings. The Morgan fingerprint density at radius 1 is 1.32 bits per heavy atom. The summed E-state index contributed by atoms with van der Waals surface area (Å²) in [4.78, 5) is 13.1. The predicted molar refractivity (Wildman–Crippen MR) is 74.9 cm³/mol. The normalized spacial score (nSPS) is 34.8. The number of likely N-dealkylation sites (tertiary alicyclic amines) is 1. The number of ether oxygens (including phenoxy) is 1. The van der Waals surface area contributed by atoms with Crippen LogP contribution in [0.1, 0.15) is 32.8 Å². The van der Waals surface area contributed by atoms with E-state index in [1.54, 1.807) is 0 Å². The van der Waals surface area contributed by atoms with Crippen LogP contribution < -0.4 is 4.90 Å². The van der Waals surface area contributed by atoms with Crippen LogP contribution in [0.25, 0.3) is 0 Å². The summed E-state index contributed by atoms with van der Waals surface area (Å²) >= 11 is 0. The minimum absolute atomic E-state index is 0.192. The highest BCUT2D eigenvalue weighted by atomic mass is 16.6. The third kappa shape index (κ3) is 2.52. The van der Waals surface area contributed by atoms with Crippen molar-refractivity contribution in [3.63, 3.8) is 0 Å². The Kier molecular flexibility index (Phi) is 3.95. The Morgan fingerprint density at radius 3 is 2.53 bits per heavy atom. The molecule has 1 aliphatic heterocycles. The van der Waals surface area contributed by atoms with Crippen LogP contribution in [0.3, 0.4) is 0 Å². The maximum Gasteiger partial charge on any atom is 0.303 e. The molecule has 0 aliphatic carbocycles. The van der Waals surface area contributed by atoms with Crippen molar-refractivity contribution in [2.75, 3.05) is 13.6 Å². The van der Waals surface area contributed by atoms with Crippen LogP contribution in [-0.4, -0.2) is 25.6 Å².